The van der Waals surface area contributed by atoms with Gasteiger partial charge in [0.2, 0.25) is 15.9 Å². The second-order valence-electron chi connectivity index (χ2n) is 5.90. The lowest BCUT2D eigenvalue weighted by molar-refractivity contribution is -0.120. The van der Waals surface area contributed by atoms with Crippen LogP contribution in [0, 0.1) is 5.92 Å². The highest BCUT2D eigenvalue weighted by atomic mass is 32.2. The second kappa shape index (κ2) is 9.17. The van der Waals surface area contributed by atoms with Gasteiger partial charge in [-0.05, 0) is 31.9 Å². The fraction of sp³-hybridized carbons (Fsp3) is 0.588. The molecule has 1 aromatic carbocycles. The van der Waals surface area contributed by atoms with Crippen molar-refractivity contribution in [2.45, 2.75) is 19.8 Å². The molecule has 0 bridgehead atoms. The van der Waals surface area contributed by atoms with E-state index in [1.54, 1.807) is 6.07 Å². The number of nitrogens with one attached hydrogen (secondary N) is 1. The van der Waals surface area contributed by atoms with Crippen LogP contribution in [0.15, 0.2) is 24.3 Å². The first-order valence-corrected chi connectivity index (χ1v) is 10.1. The molecule has 140 valence electrons. The summed E-state index contributed by atoms with van der Waals surface area (Å²) >= 11 is 0. The third-order valence-corrected chi connectivity index (χ3v) is 6.04. The number of benzene rings is 1. The zero-order valence-corrected chi connectivity index (χ0v) is 15.5. The summed E-state index contributed by atoms with van der Waals surface area (Å²) in [5.74, 6) is 0.310. The molecule has 0 spiro atoms. The highest BCUT2D eigenvalue weighted by molar-refractivity contribution is 7.89. The summed E-state index contributed by atoms with van der Waals surface area (Å²) in [5, 5.41) is 2.90. The van der Waals surface area contributed by atoms with E-state index in [4.69, 9.17) is 9.47 Å². The molecular formula is C17H26N2O5S. The molecule has 25 heavy (non-hydrogen) atoms. The van der Waals surface area contributed by atoms with Crippen LogP contribution in [0.1, 0.15) is 19.8 Å². The highest BCUT2D eigenvalue weighted by Crippen LogP contribution is 2.26. The van der Waals surface area contributed by atoms with Crippen molar-refractivity contribution in [3.63, 3.8) is 0 Å². The van der Waals surface area contributed by atoms with Gasteiger partial charge < -0.3 is 14.8 Å². The molecule has 8 heteroatoms. The Hall–Kier alpha value is -1.64. The van der Waals surface area contributed by atoms with E-state index in [2.05, 4.69) is 5.32 Å². The molecule has 1 aromatic rings. The van der Waals surface area contributed by atoms with Crippen molar-refractivity contribution in [3.8, 4) is 5.75 Å². The molecule has 2 rings (SSSR count). The number of piperidine rings is 1. The normalized spacial score (nSPS) is 16.6. The van der Waals surface area contributed by atoms with Crippen LogP contribution in [-0.4, -0.2) is 57.8 Å². The topological polar surface area (TPSA) is 84.9 Å². The molecule has 0 atom stereocenters. The Morgan fingerprint density at radius 1 is 1.28 bits per heavy atom. The van der Waals surface area contributed by atoms with Crippen LogP contribution in [0.4, 0.5) is 5.69 Å². The van der Waals surface area contributed by atoms with Gasteiger partial charge in [-0.2, -0.15) is 0 Å². The van der Waals surface area contributed by atoms with Crippen molar-refractivity contribution >= 4 is 21.6 Å². The van der Waals surface area contributed by atoms with Crippen molar-refractivity contribution in [1.82, 2.24) is 4.31 Å². The maximum atomic E-state index is 12.5. The molecule has 0 unspecified atom stereocenters. The Morgan fingerprint density at radius 2 is 1.96 bits per heavy atom. The van der Waals surface area contributed by atoms with E-state index >= 15 is 0 Å². The minimum absolute atomic E-state index is 0.0257. The minimum atomic E-state index is -3.31. The van der Waals surface area contributed by atoms with Gasteiger partial charge in [-0.15, -0.1) is 0 Å². The Kier molecular flexibility index (Phi) is 7.22. The first-order valence-electron chi connectivity index (χ1n) is 8.47. The number of carbonyl (C=O) groups excluding carboxylic acids is 1. The average Bonchev–Trinajstić information content (AvgIpc) is 2.62. The lowest BCUT2D eigenvalue weighted by Crippen LogP contribution is -2.42. The number of hydrogen-bond acceptors (Lipinski definition) is 5. The van der Waals surface area contributed by atoms with Gasteiger partial charge in [0, 0.05) is 26.1 Å². The quantitative estimate of drug-likeness (QED) is 0.753. The van der Waals surface area contributed by atoms with Gasteiger partial charge in [-0.25, -0.2) is 12.7 Å². The van der Waals surface area contributed by atoms with E-state index in [1.165, 1.54) is 11.4 Å². The number of nitrogens with zero attached hydrogens (tertiary/aromatic N) is 1. The van der Waals surface area contributed by atoms with E-state index < -0.39 is 10.0 Å². The summed E-state index contributed by atoms with van der Waals surface area (Å²) in [7, 11) is -1.83. The van der Waals surface area contributed by atoms with Crippen LogP contribution >= 0.6 is 0 Å². The zero-order valence-electron chi connectivity index (χ0n) is 14.7. The number of carbonyl (C=O) groups is 1. The van der Waals surface area contributed by atoms with Crippen LogP contribution in [-0.2, 0) is 19.6 Å². The van der Waals surface area contributed by atoms with E-state index in [9.17, 15) is 13.2 Å². The van der Waals surface area contributed by atoms with Crippen LogP contribution in [0.25, 0.3) is 0 Å². The number of sulfonamides is 1. The number of hydrogen-bond donors (Lipinski definition) is 1. The Morgan fingerprint density at radius 3 is 2.60 bits per heavy atom. The van der Waals surface area contributed by atoms with Crippen molar-refractivity contribution < 1.29 is 22.7 Å². The number of amides is 1. The predicted octanol–water partition coefficient (Wildman–Crippen LogP) is 1.71. The third-order valence-electron chi connectivity index (χ3n) is 4.21. The first-order chi connectivity index (χ1) is 12.0. The molecule has 1 aliphatic heterocycles. The number of para-hydroxylation sites is 2. The van der Waals surface area contributed by atoms with Crippen molar-refractivity contribution in [2.75, 3.05) is 44.5 Å². The van der Waals surface area contributed by atoms with Crippen LogP contribution in [0.5, 0.6) is 5.75 Å². The average molecular weight is 370 g/mol. The lowest BCUT2D eigenvalue weighted by atomic mass is 9.97. The minimum Gasteiger partial charge on any atom is -0.492 e. The molecule has 0 aliphatic carbocycles. The monoisotopic (exact) mass is 370 g/mol. The summed E-state index contributed by atoms with van der Waals surface area (Å²) in [6.07, 6.45) is 1.02. The van der Waals surface area contributed by atoms with Crippen LogP contribution < -0.4 is 10.1 Å². The number of methoxy groups -OCH3 is 1. The maximum Gasteiger partial charge on any atom is 0.227 e. The van der Waals surface area contributed by atoms with Gasteiger partial charge in [0.15, 0.2) is 0 Å². The molecule has 1 aliphatic rings. The fourth-order valence-corrected chi connectivity index (χ4v) is 4.20. The summed E-state index contributed by atoms with van der Waals surface area (Å²) in [4.78, 5) is 12.5. The van der Waals surface area contributed by atoms with Gasteiger partial charge >= 0.3 is 0 Å². The summed E-state index contributed by atoms with van der Waals surface area (Å²) in [5.41, 5.74) is 0.643. The maximum absolute atomic E-state index is 12.5. The van der Waals surface area contributed by atoms with E-state index in [1.807, 2.05) is 25.1 Å². The van der Waals surface area contributed by atoms with Gasteiger partial charge in [-0.1, -0.05) is 12.1 Å². The van der Waals surface area contributed by atoms with Crippen molar-refractivity contribution in [1.29, 1.82) is 0 Å². The van der Waals surface area contributed by atoms with Gasteiger partial charge in [0.1, 0.15) is 5.75 Å². The van der Waals surface area contributed by atoms with E-state index in [0.717, 1.165) is 0 Å². The standard InChI is InChI=1S/C17H26N2O5S/c1-3-24-16-7-5-4-6-15(16)18-17(20)14-8-10-19(11-9-14)25(21,22)13-12-23-2/h4-7,14H,3,8-13H2,1-2H3,(H,18,20). The molecular weight excluding hydrogens is 344 g/mol. The van der Waals surface area contributed by atoms with Crippen LogP contribution in [0.3, 0.4) is 0 Å². The molecule has 1 N–H and O–H groups in total. The SMILES string of the molecule is CCOc1ccccc1NC(=O)C1CCN(S(=O)(=O)CCOC)CC1. The molecule has 7 nitrogen and oxygen atoms in total. The largest absolute Gasteiger partial charge is 0.492 e. The van der Waals surface area contributed by atoms with Crippen LogP contribution in [0.2, 0.25) is 0 Å². The van der Waals surface area contributed by atoms with Gasteiger partial charge in [-0.3, -0.25) is 4.79 Å². The van der Waals surface area contributed by atoms with E-state index in [-0.39, 0.29) is 24.2 Å². The Labute approximate surface area is 149 Å². The zero-order chi connectivity index (χ0) is 18.3. The molecule has 1 fully saturated rings. The summed E-state index contributed by atoms with van der Waals surface area (Å²) in [6.45, 7) is 3.30. The summed E-state index contributed by atoms with van der Waals surface area (Å²) < 4.78 is 36.1. The van der Waals surface area contributed by atoms with Crippen molar-refractivity contribution in [2.24, 2.45) is 5.92 Å². The number of anilines is 1. The third kappa shape index (κ3) is 5.42. The second-order valence-corrected chi connectivity index (χ2v) is 7.99. The summed E-state index contributed by atoms with van der Waals surface area (Å²) in [6, 6.07) is 7.30. The lowest BCUT2D eigenvalue weighted by Gasteiger charge is -2.30. The van der Waals surface area contributed by atoms with Gasteiger partial charge in [0.05, 0.1) is 24.7 Å². The molecule has 1 heterocycles. The predicted molar refractivity (Wildman–Crippen MR) is 96.2 cm³/mol. The van der Waals surface area contributed by atoms with E-state index in [0.29, 0.717) is 44.0 Å². The molecule has 0 radical (unpaired) electrons. The number of ether oxygens (including phenoxy) is 2. The fourth-order valence-electron chi connectivity index (χ4n) is 2.80. The molecule has 1 saturated heterocycles. The molecule has 1 amide bonds. The first kappa shape index (κ1) is 19.7. The Balaban J connectivity index is 1.91. The molecule has 0 aromatic heterocycles. The van der Waals surface area contributed by atoms with Crippen molar-refractivity contribution in [3.05, 3.63) is 24.3 Å². The highest BCUT2D eigenvalue weighted by Gasteiger charge is 2.31. The smallest absolute Gasteiger partial charge is 0.227 e. The number of rotatable bonds is 8. The van der Waals surface area contributed by atoms with Gasteiger partial charge in [0.25, 0.3) is 0 Å². The Bertz CT molecular complexity index is 669. The molecule has 0 saturated carbocycles.